The molecule has 2 fully saturated rings. The van der Waals surface area contributed by atoms with E-state index >= 15 is 0 Å². The van der Waals surface area contributed by atoms with Gasteiger partial charge in [0, 0.05) is 25.7 Å². The molecule has 0 radical (unpaired) electrons. The van der Waals surface area contributed by atoms with Crippen LogP contribution in [0, 0.1) is 11.8 Å². The first-order valence-electron chi connectivity index (χ1n) is 6.76. The molecule has 1 N–H and O–H groups in total. The predicted octanol–water partition coefficient (Wildman–Crippen LogP) is 0.650. The van der Waals surface area contributed by atoms with Crippen molar-refractivity contribution >= 4 is 11.9 Å². The Morgan fingerprint density at radius 1 is 1.22 bits per heavy atom. The molecule has 2 aliphatic rings. The highest BCUT2D eigenvalue weighted by Gasteiger charge is 2.38. The lowest BCUT2D eigenvalue weighted by Gasteiger charge is -2.38. The zero-order valence-corrected chi connectivity index (χ0v) is 11.1. The molecule has 1 amide bonds. The van der Waals surface area contributed by atoms with Crippen LogP contribution in [0.15, 0.2) is 0 Å². The van der Waals surface area contributed by atoms with Gasteiger partial charge in [-0.3, -0.25) is 14.5 Å². The van der Waals surface area contributed by atoms with Crippen molar-refractivity contribution in [3.05, 3.63) is 0 Å². The summed E-state index contributed by atoms with van der Waals surface area (Å²) >= 11 is 0. The van der Waals surface area contributed by atoms with Crippen LogP contribution in [0.25, 0.3) is 0 Å². The number of hydrogen-bond donors (Lipinski definition) is 1. The van der Waals surface area contributed by atoms with Crippen molar-refractivity contribution < 1.29 is 14.7 Å². The summed E-state index contributed by atoms with van der Waals surface area (Å²) in [5, 5.41) is 9.17. The topological polar surface area (TPSA) is 60.9 Å². The van der Waals surface area contributed by atoms with Crippen molar-refractivity contribution in [2.45, 2.75) is 32.7 Å². The molecule has 2 saturated heterocycles. The van der Waals surface area contributed by atoms with E-state index in [1.807, 2.05) is 0 Å². The van der Waals surface area contributed by atoms with Crippen molar-refractivity contribution in [1.82, 2.24) is 9.80 Å². The van der Waals surface area contributed by atoms with Crippen LogP contribution in [0.2, 0.25) is 0 Å². The number of rotatable bonds is 3. The average Bonchev–Trinajstić information content (AvgIpc) is 2.74. The van der Waals surface area contributed by atoms with E-state index in [0.717, 1.165) is 19.5 Å². The normalized spacial score (nSPS) is 26.2. The summed E-state index contributed by atoms with van der Waals surface area (Å²) in [6.07, 6.45) is 2.32. The third kappa shape index (κ3) is 2.51. The van der Waals surface area contributed by atoms with Crippen molar-refractivity contribution in [3.8, 4) is 0 Å². The van der Waals surface area contributed by atoms with Crippen LogP contribution in [-0.4, -0.2) is 59.0 Å². The Morgan fingerprint density at radius 3 is 2.56 bits per heavy atom. The van der Waals surface area contributed by atoms with Crippen molar-refractivity contribution in [2.24, 2.45) is 11.8 Å². The standard InChI is InChI=1S/C13H22N2O3/c1-9(2)11(13(17)18)12(16)15-7-6-14-5-3-4-10(14)8-15/h9-11H,3-8H2,1-2H3,(H,17,18). The van der Waals surface area contributed by atoms with Gasteiger partial charge < -0.3 is 10.0 Å². The van der Waals surface area contributed by atoms with E-state index in [9.17, 15) is 14.7 Å². The van der Waals surface area contributed by atoms with E-state index in [-0.39, 0.29) is 11.8 Å². The molecule has 0 bridgehead atoms. The van der Waals surface area contributed by atoms with Gasteiger partial charge in [0.1, 0.15) is 5.92 Å². The summed E-state index contributed by atoms with van der Waals surface area (Å²) in [7, 11) is 0. The zero-order chi connectivity index (χ0) is 13.3. The quantitative estimate of drug-likeness (QED) is 0.751. The van der Waals surface area contributed by atoms with Gasteiger partial charge in [-0.05, 0) is 25.3 Å². The second-order valence-electron chi connectivity index (χ2n) is 5.68. The van der Waals surface area contributed by atoms with Gasteiger partial charge in [0.2, 0.25) is 5.91 Å². The molecular weight excluding hydrogens is 232 g/mol. The third-order valence-electron chi connectivity index (χ3n) is 4.10. The largest absolute Gasteiger partial charge is 0.481 e. The summed E-state index contributed by atoms with van der Waals surface area (Å²) in [4.78, 5) is 27.7. The zero-order valence-electron chi connectivity index (χ0n) is 11.1. The smallest absolute Gasteiger partial charge is 0.316 e. The highest BCUT2D eigenvalue weighted by atomic mass is 16.4. The van der Waals surface area contributed by atoms with Crippen LogP contribution in [0.4, 0.5) is 0 Å². The highest BCUT2D eigenvalue weighted by Crippen LogP contribution is 2.24. The second kappa shape index (κ2) is 5.26. The summed E-state index contributed by atoms with van der Waals surface area (Å²) in [6, 6.07) is 0.448. The molecule has 2 unspecified atom stereocenters. The van der Waals surface area contributed by atoms with Crippen LogP contribution in [-0.2, 0) is 9.59 Å². The van der Waals surface area contributed by atoms with Crippen LogP contribution in [0.5, 0.6) is 0 Å². The number of amides is 1. The van der Waals surface area contributed by atoms with Gasteiger partial charge in [-0.25, -0.2) is 0 Å². The predicted molar refractivity (Wildman–Crippen MR) is 67.1 cm³/mol. The summed E-state index contributed by atoms with van der Waals surface area (Å²) in [5.74, 6) is -2.25. The number of piperazine rings is 1. The van der Waals surface area contributed by atoms with Crippen LogP contribution in [0.3, 0.4) is 0 Å². The number of nitrogens with zero attached hydrogens (tertiary/aromatic N) is 2. The molecule has 5 nitrogen and oxygen atoms in total. The molecule has 5 heteroatoms. The number of carboxylic acids is 1. The molecule has 2 heterocycles. The molecule has 0 aromatic heterocycles. The molecule has 2 atom stereocenters. The van der Waals surface area contributed by atoms with Gasteiger partial charge in [0.05, 0.1) is 0 Å². The fourth-order valence-corrected chi connectivity index (χ4v) is 3.06. The Hall–Kier alpha value is -1.10. The first-order chi connectivity index (χ1) is 8.50. The molecule has 102 valence electrons. The molecule has 0 aliphatic carbocycles. The van der Waals surface area contributed by atoms with Crippen LogP contribution in [0.1, 0.15) is 26.7 Å². The van der Waals surface area contributed by atoms with E-state index in [0.29, 0.717) is 19.1 Å². The molecule has 0 aromatic carbocycles. The first-order valence-corrected chi connectivity index (χ1v) is 6.76. The minimum atomic E-state index is -0.996. The number of fused-ring (bicyclic) bond motifs is 1. The van der Waals surface area contributed by atoms with Crippen LogP contribution < -0.4 is 0 Å². The SMILES string of the molecule is CC(C)C(C(=O)O)C(=O)N1CCN2CCCC2C1. The van der Waals surface area contributed by atoms with E-state index < -0.39 is 11.9 Å². The maximum absolute atomic E-state index is 12.3. The summed E-state index contributed by atoms with van der Waals surface area (Å²) in [5.41, 5.74) is 0. The van der Waals surface area contributed by atoms with Gasteiger partial charge in [0.25, 0.3) is 0 Å². The monoisotopic (exact) mass is 254 g/mol. The fraction of sp³-hybridized carbons (Fsp3) is 0.846. The Kier molecular flexibility index (Phi) is 3.90. The van der Waals surface area contributed by atoms with Crippen molar-refractivity contribution in [3.63, 3.8) is 0 Å². The maximum Gasteiger partial charge on any atom is 0.316 e. The fourth-order valence-electron chi connectivity index (χ4n) is 3.06. The van der Waals surface area contributed by atoms with Gasteiger partial charge >= 0.3 is 5.97 Å². The van der Waals surface area contributed by atoms with E-state index in [4.69, 9.17) is 0 Å². The molecule has 2 rings (SSSR count). The van der Waals surface area contributed by atoms with Gasteiger partial charge in [0.15, 0.2) is 0 Å². The van der Waals surface area contributed by atoms with Crippen LogP contribution >= 0.6 is 0 Å². The highest BCUT2D eigenvalue weighted by molar-refractivity contribution is 5.97. The van der Waals surface area contributed by atoms with Crippen molar-refractivity contribution in [1.29, 1.82) is 0 Å². The Morgan fingerprint density at radius 2 is 1.94 bits per heavy atom. The molecule has 0 spiro atoms. The Bertz CT molecular complexity index is 343. The number of carbonyl (C=O) groups excluding carboxylic acids is 1. The Balaban J connectivity index is 2.02. The van der Waals surface area contributed by atoms with Crippen molar-refractivity contribution in [2.75, 3.05) is 26.2 Å². The third-order valence-corrected chi connectivity index (χ3v) is 4.10. The van der Waals surface area contributed by atoms with E-state index in [2.05, 4.69) is 4.90 Å². The minimum absolute atomic E-state index is 0.156. The lowest BCUT2D eigenvalue weighted by Crippen LogP contribution is -2.54. The number of carbonyl (C=O) groups is 2. The summed E-state index contributed by atoms with van der Waals surface area (Å²) < 4.78 is 0. The lowest BCUT2D eigenvalue weighted by atomic mass is 9.94. The number of hydrogen-bond acceptors (Lipinski definition) is 3. The molecule has 2 aliphatic heterocycles. The van der Waals surface area contributed by atoms with Gasteiger partial charge in [-0.1, -0.05) is 13.8 Å². The molecule has 18 heavy (non-hydrogen) atoms. The minimum Gasteiger partial charge on any atom is -0.481 e. The Labute approximate surface area is 108 Å². The molecular formula is C13H22N2O3. The number of carboxylic acid groups (broad SMARTS) is 1. The second-order valence-corrected chi connectivity index (χ2v) is 5.68. The molecule has 0 saturated carbocycles. The van der Waals surface area contributed by atoms with E-state index in [1.54, 1.807) is 18.7 Å². The number of aliphatic carboxylic acids is 1. The lowest BCUT2D eigenvalue weighted by molar-refractivity contribution is -0.154. The molecule has 0 aromatic rings. The van der Waals surface area contributed by atoms with E-state index in [1.165, 1.54) is 6.42 Å². The average molecular weight is 254 g/mol. The van der Waals surface area contributed by atoms with Gasteiger partial charge in [-0.2, -0.15) is 0 Å². The first kappa shape index (κ1) is 13.3. The summed E-state index contributed by atoms with van der Waals surface area (Å²) in [6.45, 7) is 6.98. The maximum atomic E-state index is 12.3. The van der Waals surface area contributed by atoms with Gasteiger partial charge in [-0.15, -0.1) is 0 Å².